The topological polar surface area (TPSA) is 73.2 Å². The van der Waals surface area contributed by atoms with Gasteiger partial charge in [0.05, 0.1) is 25.3 Å². The molecule has 1 atom stereocenters. The minimum Gasteiger partial charge on any atom is -0.493 e. The highest BCUT2D eigenvalue weighted by Crippen LogP contribution is 2.31. The Kier molecular flexibility index (Phi) is 3.72. The summed E-state index contributed by atoms with van der Waals surface area (Å²) in [4.78, 5) is 7.77. The Morgan fingerprint density at radius 3 is 2.56 bits per heavy atom. The van der Waals surface area contributed by atoms with E-state index in [0.717, 1.165) is 29.7 Å². The average molecular weight is 249 g/mol. The van der Waals surface area contributed by atoms with E-state index in [9.17, 15) is 0 Å². The molecule has 0 saturated carbocycles. The molecule has 0 bridgehead atoms. The number of fused-ring (bicyclic) bond motifs is 1. The van der Waals surface area contributed by atoms with E-state index >= 15 is 0 Å². The van der Waals surface area contributed by atoms with Crippen LogP contribution in [0.15, 0.2) is 12.1 Å². The minimum atomic E-state index is 0.134. The zero-order valence-electron chi connectivity index (χ0n) is 11.0. The van der Waals surface area contributed by atoms with E-state index in [-0.39, 0.29) is 6.04 Å². The van der Waals surface area contributed by atoms with Crippen molar-refractivity contribution in [3.05, 3.63) is 18.0 Å². The van der Waals surface area contributed by atoms with Crippen molar-refractivity contribution in [2.75, 3.05) is 14.2 Å². The summed E-state index contributed by atoms with van der Waals surface area (Å²) in [6.07, 6.45) is 1.68. The van der Waals surface area contributed by atoms with E-state index in [1.54, 1.807) is 14.2 Å². The van der Waals surface area contributed by atoms with Crippen LogP contribution in [0.4, 0.5) is 0 Å². The first-order valence-electron chi connectivity index (χ1n) is 6.04. The van der Waals surface area contributed by atoms with Crippen LogP contribution >= 0.6 is 0 Å². The fraction of sp³-hybridized carbons (Fsp3) is 0.462. The van der Waals surface area contributed by atoms with Crippen LogP contribution in [0.3, 0.4) is 0 Å². The van der Waals surface area contributed by atoms with Crippen molar-refractivity contribution in [2.24, 2.45) is 5.73 Å². The lowest BCUT2D eigenvalue weighted by Gasteiger charge is -2.06. The lowest BCUT2D eigenvalue weighted by Crippen LogP contribution is -2.21. The van der Waals surface area contributed by atoms with Gasteiger partial charge in [-0.2, -0.15) is 0 Å². The van der Waals surface area contributed by atoms with Gasteiger partial charge in [0, 0.05) is 24.6 Å². The molecule has 1 aromatic carbocycles. The Balaban J connectivity index is 2.38. The summed E-state index contributed by atoms with van der Waals surface area (Å²) < 4.78 is 10.5. The Labute approximate surface area is 106 Å². The molecule has 5 heteroatoms. The number of aromatic nitrogens is 2. The number of hydrogen-bond acceptors (Lipinski definition) is 4. The Hall–Kier alpha value is -1.75. The van der Waals surface area contributed by atoms with Crippen molar-refractivity contribution in [1.82, 2.24) is 9.97 Å². The van der Waals surface area contributed by atoms with Crippen LogP contribution in [0, 0.1) is 0 Å². The Bertz CT molecular complexity index is 495. The molecule has 18 heavy (non-hydrogen) atoms. The summed E-state index contributed by atoms with van der Waals surface area (Å²) in [7, 11) is 3.23. The lowest BCUT2D eigenvalue weighted by atomic mass is 10.2. The summed E-state index contributed by atoms with van der Waals surface area (Å²) in [5, 5.41) is 0. The maximum Gasteiger partial charge on any atom is 0.163 e. The van der Waals surface area contributed by atoms with Gasteiger partial charge in [-0.15, -0.1) is 0 Å². The molecule has 0 aliphatic rings. The number of aromatic amines is 1. The zero-order chi connectivity index (χ0) is 13.1. The molecule has 1 unspecified atom stereocenters. The monoisotopic (exact) mass is 249 g/mol. The normalized spacial score (nSPS) is 12.7. The van der Waals surface area contributed by atoms with Crippen LogP contribution in [-0.2, 0) is 6.42 Å². The molecule has 2 rings (SSSR count). The molecule has 98 valence electrons. The number of nitrogens with one attached hydrogen (secondary N) is 1. The number of methoxy groups -OCH3 is 2. The fourth-order valence-corrected chi connectivity index (χ4v) is 1.88. The van der Waals surface area contributed by atoms with Crippen molar-refractivity contribution in [3.63, 3.8) is 0 Å². The number of rotatable bonds is 5. The number of nitrogens with zero attached hydrogens (tertiary/aromatic N) is 1. The van der Waals surface area contributed by atoms with Crippen LogP contribution < -0.4 is 15.2 Å². The van der Waals surface area contributed by atoms with Crippen LogP contribution in [0.25, 0.3) is 11.0 Å². The summed E-state index contributed by atoms with van der Waals surface area (Å²) in [5.41, 5.74) is 7.73. The number of nitrogens with two attached hydrogens (primary N) is 1. The molecular weight excluding hydrogens is 230 g/mol. The standard InChI is InChI=1S/C13H19N3O2/c1-4-8(14)5-13-15-9-6-11(17-2)12(18-3)7-10(9)16-13/h6-8H,4-5,14H2,1-3H3,(H,15,16). The van der Waals surface area contributed by atoms with Crippen molar-refractivity contribution >= 4 is 11.0 Å². The second kappa shape index (κ2) is 5.27. The highest BCUT2D eigenvalue weighted by molar-refractivity contribution is 5.79. The molecule has 0 fully saturated rings. The average Bonchev–Trinajstić information content (AvgIpc) is 2.77. The Morgan fingerprint density at radius 1 is 1.28 bits per heavy atom. The maximum atomic E-state index is 5.93. The van der Waals surface area contributed by atoms with Crippen molar-refractivity contribution in [3.8, 4) is 11.5 Å². The number of ether oxygens (including phenoxy) is 2. The van der Waals surface area contributed by atoms with Gasteiger partial charge in [0.15, 0.2) is 11.5 Å². The van der Waals surface area contributed by atoms with E-state index in [1.807, 2.05) is 12.1 Å². The largest absolute Gasteiger partial charge is 0.493 e. The SMILES string of the molecule is CCC(N)Cc1nc2cc(OC)c(OC)cc2[nH]1. The first kappa shape index (κ1) is 12.7. The molecular formula is C13H19N3O2. The molecule has 0 saturated heterocycles. The van der Waals surface area contributed by atoms with Crippen LogP contribution in [0.5, 0.6) is 11.5 Å². The summed E-state index contributed by atoms with van der Waals surface area (Å²) in [6.45, 7) is 2.07. The van der Waals surface area contributed by atoms with Gasteiger partial charge in [0.2, 0.25) is 0 Å². The molecule has 1 heterocycles. The van der Waals surface area contributed by atoms with Gasteiger partial charge in [-0.1, -0.05) is 6.92 Å². The zero-order valence-corrected chi connectivity index (χ0v) is 11.0. The first-order valence-corrected chi connectivity index (χ1v) is 6.04. The van der Waals surface area contributed by atoms with Crippen molar-refractivity contribution < 1.29 is 9.47 Å². The highest BCUT2D eigenvalue weighted by Gasteiger charge is 2.11. The minimum absolute atomic E-state index is 0.134. The molecule has 2 aromatic rings. The first-order chi connectivity index (χ1) is 8.67. The molecule has 1 aromatic heterocycles. The van der Waals surface area contributed by atoms with Crippen LogP contribution in [0.1, 0.15) is 19.2 Å². The maximum absolute atomic E-state index is 5.93. The van der Waals surface area contributed by atoms with Gasteiger partial charge in [0.25, 0.3) is 0 Å². The molecule has 3 N–H and O–H groups in total. The quantitative estimate of drug-likeness (QED) is 0.848. The molecule has 5 nitrogen and oxygen atoms in total. The molecule has 0 aliphatic carbocycles. The van der Waals surface area contributed by atoms with Gasteiger partial charge in [-0.05, 0) is 6.42 Å². The third kappa shape index (κ3) is 2.41. The van der Waals surface area contributed by atoms with Crippen molar-refractivity contribution in [1.29, 1.82) is 0 Å². The molecule has 0 amide bonds. The fourth-order valence-electron chi connectivity index (χ4n) is 1.88. The lowest BCUT2D eigenvalue weighted by molar-refractivity contribution is 0.356. The molecule has 0 spiro atoms. The van der Waals surface area contributed by atoms with Gasteiger partial charge in [-0.3, -0.25) is 0 Å². The molecule has 0 aliphatic heterocycles. The summed E-state index contributed by atoms with van der Waals surface area (Å²) >= 11 is 0. The van der Waals surface area contributed by atoms with Gasteiger partial charge < -0.3 is 20.2 Å². The van der Waals surface area contributed by atoms with E-state index in [0.29, 0.717) is 11.5 Å². The number of imidazole rings is 1. The summed E-state index contributed by atoms with van der Waals surface area (Å²) in [5.74, 6) is 2.28. The van der Waals surface area contributed by atoms with E-state index < -0.39 is 0 Å². The third-order valence-corrected chi connectivity index (χ3v) is 3.02. The summed E-state index contributed by atoms with van der Waals surface area (Å²) in [6, 6.07) is 3.89. The third-order valence-electron chi connectivity index (χ3n) is 3.02. The highest BCUT2D eigenvalue weighted by atomic mass is 16.5. The van der Waals surface area contributed by atoms with Gasteiger partial charge in [0.1, 0.15) is 5.82 Å². The second-order valence-electron chi connectivity index (χ2n) is 4.28. The predicted octanol–water partition coefficient (Wildman–Crippen LogP) is 1.86. The number of hydrogen-bond donors (Lipinski definition) is 2. The van der Waals surface area contributed by atoms with E-state index in [4.69, 9.17) is 15.2 Å². The number of benzene rings is 1. The van der Waals surface area contributed by atoms with E-state index in [2.05, 4.69) is 16.9 Å². The van der Waals surface area contributed by atoms with Crippen LogP contribution in [0.2, 0.25) is 0 Å². The molecule has 0 radical (unpaired) electrons. The predicted molar refractivity (Wildman–Crippen MR) is 71.2 cm³/mol. The van der Waals surface area contributed by atoms with E-state index in [1.165, 1.54) is 0 Å². The second-order valence-corrected chi connectivity index (χ2v) is 4.28. The smallest absolute Gasteiger partial charge is 0.163 e. The Morgan fingerprint density at radius 2 is 1.94 bits per heavy atom. The van der Waals surface area contributed by atoms with Crippen molar-refractivity contribution in [2.45, 2.75) is 25.8 Å². The van der Waals surface area contributed by atoms with Gasteiger partial charge in [-0.25, -0.2) is 4.98 Å². The number of H-pyrrole nitrogens is 1. The van der Waals surface area contributed by atoms with Gasteiger partial charge >= 0.3 is 0 Å². The van der Waals surface area contributed by atoms with Crippen LogP contribution in [-0.4, -0.2) is 30.2 Å².